The smallest absolute Gasteiger partial charge is 0.335 e. The number of carboxylic acids is 1. The summed E-state index contributed by atoms with van der Waals surface area (Å²) in [5, 5.41) is 8.97. The van der Waals surface area contributed by atoms with Gasteiger partial charge in [0, 0.05) is 24.5 Å². The Hall–Kier alpha value is -3.02. The van der Waals surface area contributed by atoms with Crippen LogP contribution in [-0.4, -0.2) is 31.2 Å². The largest absolute Gasteiger partial charge is 0.493 e. The fraction of sp³-hybridized carbons (Fsp3) is 0.263. The third-order valence-corrected chi connectivity index (χ3v) is 3.72. The Bertz CT molecular complexity index is 768. The molecule has 132 valence electrons. The molecule has 0 fully saturated rings. The third kappa shape index (κ3) is 4.29. The first-order chi connectivity index (χ1) is 11.8. The second kappa shape index (κ2) is 7.70. The van der Waals surface area contributed by atoms with Crippen molar-refractivity contribution < 1.29 is 24.2 Å². The van der Waals surface area contributed by atoms with Crippen LogP contribution in [0.5, 0.6) is 11.5 Å². The molecule has 0 amide bonds. The van der Waals surface area contributed by atoms with Crippen LogP contribution in [0.1, 0.15) is 24.2 Å². The van der Waals surface area contributed by atoms with Crippen LogP contribution >= 0.6 is 0 Å². The molecule has 0 atom stereocenters. The first-order valence-electron chi connectivity index (χ1n) is 7.80. The molecule has 0 unspecified atom stereocenters. The molecular weight excluding hydrogens is 322 g/mol. The molecule has 6 heteroatoms. The van der Waals surface area contributed by atoms with Crippen molar-refractivity contribution >= 4 is 23.3 Å². The van der Waals surface area contributed by atoms with Crippen molar-refractivity contribution in [2.45, 2.75) is 13.8 Å². The molecule has 2 rings (SSSR count). The summed E-state index contributed by atoms with van der Waals surface area (Å²) in [6, 6.07) is 11.8. The molecule has 0 saturated carbocycles. The van der Waals surface area contributed by atoms with Gasteiger partial charge in [0.2, 0.25) is 0 Å². The number of carboxylic acid groups (broad SMARTS) is 1. The van der Waals surface area contributed by atoms with E-state index in [1.807, 2.05) is 11.9 Å². The summed E-state index contributed by atoms with van der Waals surface area (Å²) < 4.78 is 10.7. The number of methoxy groups -OCH3 is 1. The lowest BCUT2D eigenvalue weighted by atomic mass is 10.2. The zero-order valence-corrected chi connectivity index (χ0v) is 14.6. The maximum atomic E-state index is 11.8. The van der Waals surface area contributed by atoms with Crippen LogP contribution in [0.2, 0.25) is 0 Å². The minimum atomic E-state index is -0.966. The molecule has 0 saturated heterocycles. The fourth-order valence-electron chi connectivity index (χ4n) is 2.15. The molecule has 2 aromatic carbocycles. The van der Waals surface area contributed by atoms with E-state index in [2.05, 4.69) is 0 Å². The second-order valence-corrected chi connectivity index (χ2v) is 5.82. The number of rotatable bonds is 6. The van der Waals surface area contributed by atoms with Crippen LogP contribution in [0.15, 0.2) is 42.5 Å². The first-order valence-corrected chi connectivity index (χ1v) is 7.80. The molecular formula is C19H21NO5. The van der Waals surface area contributed by atoms with E-state index in [0.29, 0.717) is 11.5 Å². The number of hydrogen-bond donors (Lipinski definition) is 1. The SMILES string of the molecule is COc1cc(N(C)c2ccc(C(=O)O)cc2)ccc1OC(=O)C(C)C. The monoisotopic (exact) mass is 343 g/mol. The van der Waals surface area contributed by atoms with E-state index in [0.717, 1.165) is 11.4 Å². The van der Waals surface area contributed by atoms with E-state index in [9.17, 15) is 9.59 Å². The van der Waals surface area contributed by atoms with Gasteiger partial charge < -0.3 is 19.5 Å². The fourth-order valence-corrected chi connectivity index (χ4v) is 2.15. The average molecular weight is 343 g/mol. The zero-order chi connectivity index (χ0) is 18.6. The van der Waals surface area contributed by atoms with E-state index in [1.165, 1.54) is 7.11 Å². The lowest BCUT2D eigenvalue weighted by Gasteiger charge is -2.21. The summed E-state index contributed by atoms with van der Waals surface area (Å²) in [5.74, 6) is -0.726. The molecule has 0 aliphatic carbocycles. The number of carbonyl (C=O) groups excluding carboxylic acids is 1. The van der Waals surface area contributed by atoms with Crippen LogP contribution in [0.25, 0.3) is 0 Å². The molecule has 6 nitrogen and oxygen atoms in total. The number of hydrogen-bond acceptors (Lipinski definition) is 5. The number of benzene rings is 2. The van der Waals surface area contributed by atoms with Gasteiger partial charge >= 0.3 is 11.9 Å². The molecule has 0 bridgehead atoms. The van der Waals surface area contributed by atoms with Crippen LogP contribution < -0.4 is 14.4 Å². The molecule has 1 N–H and O–H groups in total. The van der Waals surface area contributed by atoms with Gasteiger partial charge in [-0.15, -0.1) is 0 Å². The molecule has 0 radical (unpaired) electrons. The van der Waals surface area contributed by atoms with Gasteiger partial charge in [-0.05, 0) is 36.4 Å². The highest BCUT2D eigenvalue weighted by Crippen LogP contribution is 2.34. The standard InChI is InChI=1S/C19H21NO5/c1-12(2)19(23)25-16-10-9-15(11-17(16)24-4)20(3)14-7-5-13(6-8-14)18(21)22/h5-12H,1-4H3,(H,21,22). The Labute approximate surface area is 146 Å². The van der Waals surface area contributed by atoms with Gasteiger partial charge in [0.25, 0.3) is 0 Å². The zero-order valence-electron chi connectivity index (χ0n) is 14.6. The van der Waals surface area contributed by atoms with E-state index < -0.39 is 5.97 Å². The second-order valence-electron chi connectivity index (χ2n) is 5.82. The van der Waals surface area contributed by atoms with E-state index in [-0.39, 0.29) is 17.5 Å². The summed E-state index contributed by atoms with van der Waals surface area (Å²) >= 11 is 0. The van der Waals surface area contributed by atoms with Crippen molar-refractivity contribution in [1.82, 2.24) is 0 Å². The summed E-state index contributed by atoms with van der Waals surface area (Å²) in [4.78, 5) is 24.6. The minimum absolute atomic E-state index is 0.227. The number of anilines is 2. The highest BCUT2D eigenvalue weighted by molar-refractivity contribution is 5.88. The molecule has 0 aliphatic rings. The van der Waals surface area contributed by atoms with E-state index >= 15 is 0 Å². The molecule has 0 spiro atoms. The number of carbonyl (C=O) groups is 2. The Balaban J connectivity index is 2.26. The van der Waals surface area contributed by atoms with Crippen molar-refractivity contribution in [1.29, 1.82) is 0 Å². The average Bonchev–Trinajstić information content (AvgIpc) is 2.61. The van der Waals surface area contributed by atoms with Crippen LogP contribution in [-0.2, 0) is 4.79 Å². The Morgan fingerprint density at radius 3 is 2.12 bits per heavy atom. The van der Waals surface area contributed by atoms with Crippen molar-refractivity contribution in [3.63, 3.8) is 0 Å². The summed E-state index contributed by atoms with van der Waals surface area (Å²) in [6.07, 6.45) is 0. The van der Waals surface area contributed by atoms with Crippen LogP contribution in [0.4, 0.5) is 11.4 Å². The Morgan fingerprint density at radius 1 is 1.00 bits per heavy atom. The first kappa shape index (κ1) is 18.3. The highest BCUT2D eigenvalue weighted by atomic mass is 16.6. The highest BCUT2D eigenvalue weighted by Gasteiger charge is 2.15. The predicted octanol–water partition coefficient (Wildman–Crippen LogP) is 3.72. The van der Waals surface area contributed by atoms with Gasteiger partial charge in [-0.25, -0.2) is 4.79 Å². The maximum absolute atomic E-state index is 11.8. The molecule has 2 aromatic rings. The number of aromatic carboxylic acids is 1. The molecule has 0 heterocycles. The van der Waals surface area contributed by atoms with Crippen molar-refractivity contribution in [3.8, 4) is 11.5 Å². The van der Waals surface area contributed by atoms with Gasteiger partial charge in [-0.2, -0.15) is 0 Å². The number of ether oxygens (including phenoxy) is 2. The quantitative estimate of drug-likeness (QED) is 0.636. The van der Waals surface area contributed by atoms with Crippen LogP contribution in [0.3, 0.4) is 0 Å². The van der Waals surface area contributed by atoms with Crippen molar-refractivity contribution in [2.24, 2.45) is 5.92 Å². The Morgan fingerprint density at radius 2 is 1.60 bits per heavy atom. The Kier molecular flexibility index (Phi) is 5.64. The van der Waals surface area contributed by atoms with Gasteiger partial charge in [0.1, 0.15) is 0 Å². The number of nitrogens with zero attached hydrogens (tertiary/aromatic N) is 1. The predicted molar refractivity (Wildman–Crippen MR) is 94.9 cm³/mol. The van der Waals surface area contributed by atoms with Gasteiger partial charge in [-0.1, -0.05) is 13.8 Å². The lowest BCUT2D eigenvalue weighted by Crippen LogP contribution is -2.15. The van der Waals surface area contributed by atoms with Crippen LogP contribution in [0, 0.1) is 5.92 Å². The maximum Gasteiger partial charge on any atom is 0.335 e. The molecule has 0 aliphatic heterocycles. The van der Waals surface area contributed by atoms with Crippen molar-refractivity contribution in [2.75, 3.05) is 19.1 Å². The summed E-state index contributed by atoms with van der Waals surface area (Å²) in [7, 11) is 3.36. The third-order valence-electron chi connectivity index (χ3n) is 3.72. The van der Waals surface area contributed by atoms with E-state index in [1.54, 1.807) is 56.3 Å². The number of esters is 1. The topological polar surface area (TPSA) is 76.1 Å². The summed E-state index contributed by atoms with van der Waals surface area (Å²) in [6.45, 7) is 3.52. The summed E-state index contributed by atoms with van der Waals surface area (Å²) in [5.41, 5.74) is 1.86. The molecule has 25 heavy (non-hydrogen) atoms. The van der Waals surface area contributed by atoms with Gasteiger partial charge in [0.15, 0.2) is 11.5 Å². The normalized spacial score (nSPS) is 10.4. The van der Waals surface area contributed by atoms with Gasteiger partial charge in [-0.3, -0.25) is 4.79 Å². The molecule has 0 aromatic heterocycles. The lowest BCUT2D eigenvalue weighted by molar-refractivity contribution is -0.137. The van der Waals surface area contributed by atoms with Gasteiger partial charge in [0.05, 0.1) is 18.6 Å². The van der Waals surface area contributed by atoms with E-state index in [4.69, 9.17) is 14.6 Å². The van der Waals surface area contributed by atoms with Crippen molar-refractivity contribution in [3.05, 3.63) is 48.0 Å². The minimum Gasteiger partial charge on any atom is -0.493 e.